The van der Waals surface area contributed by atoms with E-state index in [0.29, 0.717) is 5.25 Å². The molecule has 1 N–H and O–H groups in total. The van der Waals surface area contributed by atoms with E-state index in [0.717, 1.165) is 23.6 Å². The van der Waals surface area contributed by atoms with Crippen LogP contribution in [-0.4, -0.2) is 39.8 Å². The minimum absolute atomic E-state index is 0.156. The molecule has 1 saturated carbocycles. The van der Waals surface area contributed by atoms with Gasteiger partial charge in [-0.1, -0.05) is 36.8 Å². The Morgan fingerprint density at radius 2 is 2.00 bits per heavy atom. The highest BCUT2D eigenvalue weighted by atomic mass is 32.2. The summed E-state index contributed by atoms with van der Waals surface area (Å²) in [4.78, 5) is 1.93. The van der Waals surface area contributed by atoms with Crippen LogP contribution in [0.15, 0.2) is 0 Å². The van der Waals surface area contributed by atoms with E-state index in [4.69, 9.17) is 12.2 Å². The van der Waals surface area contributed by atoms with Crippen LogP contribution in [0.2, 0.25) is 0 Å². The molecule has 76 valence electrons. The van der Waals surface area contributed by atoms with Crippen molar-refractivity contribution in [3.8, 4) is 0 Å². The summed E-state index contributed by atoms with van der Waals surface area (Å²) in [5, 5.41) is 10.0. The molecule has 13 heavy (non-hydrogen) atoms. The third-order valence-electron chi connectivity index (χ3n) is 2.29. The predicted molar refractivity (Wildman–Crippen MR) is 62.1 cm³/mol. The average molecular weight is 219 g/mol. The van der Waals surface area contributed by atoms with E-state index in [1.807, 2.05) is 19.0 Å². The van der Waals surface area contributed by atoms with Gasteiger partial charge in [-0.2, -0.15) is 0 Å². The smallest absolute Gasteiger partial charge is 0.136 e. The topological polar surface area (TPSA) is 23.5 Å². The molecule has 1 aliphatic rings. The van der Waals surface area contributed by atoms with Crippen LogP contribution in [0.1, 0.15) is 25.7 Å². The minimum atomic E-state index is -0.156. The van der Waals surface area contributed by atoms with E-state index >= 15 is 0 Å². The van der Waals surface area contributed by atoms with Crippen LogP contribution in [0.5, 0.6) is 0 Å². The van der Waals surface area contributed by atoms with Crippen LogP contribution in [0.25, 0.3) is 0 Å². The average Bonchev–Trinajstić information content (AvgIpc) is 2.08. The summed E-state index contributed by atoms with van der Waals surface area (Å²) in [5.41, 5.74) is 0. The minimum Gasteiger partial charge on any atom is -0.392 e. The zero-order valence-corrected chi connectivity index (χ0v) is 9.83. The zero-order chi connectivity index (χ0) is 9.84. The maximum Gasteiger partial charge on any atom is 0.136 e. The molecule has 0 spiro atoms. The molecular formula is C9H17NOS2. The Balaban J connectivity index is 2.38. The third kappa shape index (κ3) is 3.44. The van der Waals surface area contributed by atoms with E-state index in [1.54, 1.807) is 11.8 Å². The van der Waals surface area contributed by atoms with E-state index in [-0.39, 0.29) is 6.10 Å². The van der Waals surface area contributed by atoms with Crippen LogP contribution in [0.3, 0.4) is 0 Å². The molecule has 0 unspecified atom stereocenters. The standard InChI is InChI=1S/C9H17NOS2/c1-10(2)9(12)13-8-6-4-3-5-7(8)11/h7-8,11H,3-6H2,1-2H3/t7-,8-/m1/s1. The maximum absolute atomic E-state index is 9.70. The van der Waals surface area contributed by atoms with Gasteiger partial charge in [0.25, 0.3) is 0 Å². The second-order valence-electron chi connectivity index (χ2n) is 3.67. The van der Waals surface area contributed by atoms with E-state index in [1.165, 1.54) is 6.42 Å². The lowest BCUT2D eigenvalue weighted by molar-refractivity contribution is 0.137. The molecule has 1 fully saturated rings. The zero-order valence-electron chi connectivity index (χ0n) is 8.19. The van der Waals surface area contributed by atoms with Gasteiger partial charge in [0.2, 0.25) is 0 Å². The predicted octanol–water partition coefficient (Wildman–Crippen LogP) is 1.87. The fraction of sp³-hybridized carbons (Fsp3) is 0.889. The molecule has 0 aromatic heterocycles. The van der Waals surface area contributed by atoms with Gasteiger partial charge in [0.15, 0.2) is 0 Å². The molecule has 0 bridgehead atoms. The molecule has 0 saturated heterocycles. The van der Waals surface area contributed by atoms with E-state index < -0.39 is 0 Å². The maximum atomic E-state index is 9.70. The van der Waals surface area contributed by atoms with Crippen LogP contribution in [0.4, 0.5) is 0 Å². The first-order valence-corrected chi connectivity index (χ1v) is 5.96. The van der Waals surface area contributed by atoms with Gasteiger partial charge in [-0.25, -0.2) is 0 Å². The van der Waals surface area contributed by atoms with Crippen molar-refractivity contribution in [2.75, 3.05) is 14.1 Å². The number of thioether (sulfide) groups is 1. The second-order valence-corrected chi connectivity index (χ2v) is 5.54. The van der Waals surface area contributed by atoms with Crippen molar-refractivity contribution in [1.29, 1.82) is 0 Å². The molecule has 0 radical (unpaired) electrons. The highest BCUT2D eigenvalue weighted by Crippen LogP contribution is 2.29. The normalized spacial score (nSPS) is 28.5. The number of nitrogens with zero attached hydrogens (tertiary/aromatic N) is 1. The molecule has 1 aliphatic carbocycles. The summed E-state index contributed by atoms with van der Waals surface area (Å²) in [6.45, 7) is 0. The Labute approximate surface area is 89.7 Å². The van der Waals surface area contributed by atoms with E-state index in [2.05, 4.69) is 0 Å². The van der Waals surface area contributed by atoms with Crippen LogP contribution < -0.4 is 0 Å². The van der Waals surface area contributed by atoms with Crippen molar-refractivity contribution in [1.82, 2.24) is 4.90 Å². The number of aliphatic hydroxyl groups is 1. The summed E-state index contributed by atoms with van der Waals surface area (Å²) in [5.74, 6) is 0. The van der Waals surface area contributed by atoms with Crippen molar-refractivity contribution in [2.24, 2.45) is 0 Å². The summed E-state index contributed by atoms with van der Waals surface area (Å²) in [7, 11) is 3.90. The Morgan fingerprint density at radius 3 is 2.54 bits per heavy atom. The number of aliphatic hydroxyl groups excluding tert-OH is 1. The monoisotopic (exact) mass is 219 g/mol. The summed E-state index contributed by atoms with van der Waals surface area (Å²) >= 11 is 6.83. The van der Waals surface area contributed by atoms with Gasteiger partial charge >= 0.3 is 0 Å². The van der Waals surface area contributed by atoms with Crippen LogP contribution >= 0.6 is 24.0 Å². The molecule has 2 nitrogen and oxygen atoms in total. The number of hydrogen-bond acceptors (Lipinski definition) is 3. The van der Waals surface area contributed by atoms with Gasteiger partial charge in [-0.3, -0.25) is 0 Å². The lowest BCUT2D eigenvalue weighted by Gasteiger charge is -2.28. The van der Waals surface area contributed by atoms with Gasteiger partial charge in [-0.15, -0.1) is 0 Å². The number of thiocarbonyl (C=S) groups is 1. The Bertz CT molecular complexity index is 184. The van der Waals surface area contributed by atoms with Gasteiger partial charge < -0.3 is 10.0 Å². The van der Waals surface area contributed by atoms with E-state index in [9.17, 15) is 5.11 Å². The molecule has 0 aliphatic heterocycles. The van der Waals surface area contributed by atoms with Gasteiger partial charge in [0.1, 0.15) is 4.32 Å². The van der Waals surface area contributed by atoms with Crippen molar-refractivity contribution in [3.63, 3.8) is 0 Å². The molecule has 0 heterocycles. The quantitative estimate of drug-likeness (QED) is 0.680. The fourth-order valence-electron chi connectivity index (χ4n) is 1.45. The van der Waals surface area contributed by atoms with Crippen molar-refractivity contribution >= 4 is 28.3 Å². The van der Waals surface area contributed by atoms with Gasteiger partial charge in [0, 0.05) is 19.3 Å². The molecule has 0 aromatic rings. The lowest BCUT2D eigenvalue weighted by Crippen LogP contribution is -2.30. The second kappa shape index (κ2) is 5.17. The number of rotatable bonds is 1. The first kappa shape index (κ1) is 11.3. The molecule has 1 rings (SSSR count). The molecule has 4 heteroatoms. The summed E-state index contributed by atoms with van der Waals surface area (Å²) in [6, 6.07) is 0. The summed E-state index contributed by atoms with van der Waals surface area (Å²) in [6.07, 6.45) is 4.27. The van der Waals surface area contributed by atoms with Gasteiger partial charge in [0.05, 0.1) is 6.10 Å². The van der Waals surface area contributed by atoms with Crippen LogP contribution in [-0.2, 0) is 0 Å². The molecular weight excluding hydrogens is 202 g/mol. The Morgan fingerprint density at radius 1 is 1.38 bits per heavy atom. The number of hydrogen-bond donors (Lipinski definition) is 1. The highest BCUT2D eigenvalue weighted by Gasteiger charge is 2.24. The SMILES string of the molecule is CN(C)C(=S)S[C@@H]1CCCC[C@H]1O. The Kier molecular flexibility index (Phi) is 4.49. The van der Waals surface area contributed by atoms with Crippen LogP contribution in [0, 0.1) is 0 Å². The molecule has 0 aromatic carbocycles. The van der Waals surface area contributed by atoms with Gasteiger partial charge in [-0.05, 0) is 12.8 Å². The fourth-order valence-corrected chi connectivity index (χ4v) is 2.87. The highest BCUT2D eigenvalue weighted by molar-refractivity contribution is 8.23. The third-order valence-corrected chi connectivity index (χ3v) is 4.36. The first-order chi connectivity index (χ1) is 6.11. The molecule has 2 atom stereocenters. The Hall–Kier alpha value is 0.200. The largest absolute Gasteiger partial charge is 0.392 e. The summed E-state index contributed by atoms with van der Waals surface area (Å²) < 4.78 is 0.881. The van der Waals surface area contributed by atoms with Crippen molar-refractivity contribution < 1.29 is 5.11 Å². The molecule has 0 amide bonds. The lowest BCUT2D eigenvalue weighted by atomic mass is 9.97. The van der Waals surface area contributed by atoms with Crippen molar-refractivity contribution in [3.05, 3.63) is 0 Å². The first-order valence-electron chi connectivity index (χ1n) is 4.67. The van der Waals surface area contributed by atoms with Crippen molar-refractivity contribution in [2.45, 2.75) is 37.0 Å².